The van der Waals surface area contributed by atoms with Gasteiger partial charge in [-0.25, -0.2) is 9.97 Å². The molecular formula is C8H8N4O3. The summed E-state index contributed by atoms with van der Waals surface area (Å²) >= 11 is 0. The quantitative estimate of drug-likeness (QED) is 0.635. The van der Waals surface area contributed by atoms with Crippen LogP contribution in [0, 0.1) is 0 Å². The van der Waals surface area contributed by atoms with Gasteiger partial charge >= 0.3 is 0 Å². The van der Waals surface area contributed by atoms with E-state index in [0.29, 0.717) is 0 Å². The fraction of sp³-hybridized carbons (Fsp3) is 0.250. The molecule has 0 saturated carbocycles. The zero-order valence-corrected chi connectivity index (χ0v) is 7.84. The van der Waals surface area contributed by atoms with E-state index in [9.17, 15) is 9.59 Å². The van der Waals surface area contributed by atoms with E-state index in [1.165, 1.54) is 19.6 Å². The Kier molecular flexibility index (Phi) is 2.09. The molecule has 15 heavy (non-hydrogen) atoms. The summed E-state index contributed by atoms with van der Waals surface area (Å²) in [5, 5.41) is 9.11. The average molecular weight is 208 g/mol. The minimum atomic E-state index is -1.16. The van der Waals surface area contributed by atoms with E-state index in [0.717, 1.165) is 4.57 Å². The zero-order chi connectivity index (χ0) is 11.0. The number of carbonyl (C=O) groups is 1. The number of rotatable bonds is 1. The minimum absolute atomic E-state index is 0.0755. The fourth-order valence-corrected chi connectivity index (χ4v) is 1.21. The Morgan fingerprint density at radius 1 is 1.60 bits per heavy atom. The summed E-state index contributed by atoms with van der Waals surface area (Å²) in [7, 11) is 0. The maximum Gasteiger partial charge on any atom is 0.278 e. The fourth-order valence-electron chi connectivity index (χ4n) is 1.21. The smallest absolute Gasteiger partial charge is 0.278 e. The number of aliphatic hydroxyl groups excluding tert-OH is 1. The van der Waals surface area contributed by atoms with Crippen molar-refractivity contribution < 1.29 is 9.90 Å². The van der Waals surface area contributed by atoms with Crippen LogP contribution >= 0.6 is 0 Å². The van der Waals surface area contributed by atoms with Crippen molar-refractivity contribution in [3.05, 3.63) is 23.0 Å². The number of aliphatic hydroxyl groups is 1. The third-order valence-corrected chi connectivity index (χ3v) is 1.93. The largest absolute Gasteiger partial charge is 0.384 e. The predicted molar refractivity (Wildman–Crippen MR) is 50.5 cm³/mol. The molecular weight excluding hydrogens is 200 g/mol. The van der Waals surface area contributed by atoms with E-state index >= 15 is 0 Å². The van der Waals surface area contributed by atoms with Gasteiger partial charge in [0.15, 0.2) is 11.2 Å². The van der Waals surface area contributed by atoms with Crippen molar-refractivity contribution in [2.45, 2.75) is 13.0 Å². The monoisotopic (exact) mass is 208 g/mol. The van der Waals surface area contributed by atoms with Gasteiger partial charge in [-0.1, -0.05) is 0 Å². The van der Waals surface area contributed by atoms with Crippen LogP contribution in [0.2, 0.25) is 0 Å². The van der Waals surface area contributed by atoms with E-state index in [4.69, 9.17) is 5.11 Å². The van der Waals surface area contributed by atoms with Gasteiger partial charge in [-0.05, 0) is 6.92 Å². The average Bonchev–Trinajstić information content (AvgIpc) is 2.61. The van der Waals surface area contributed by atoms with Gasteiger partial charge in [0.25, 0.3) is 11.5 Å². The molecule has 2 aromatic rings. The highest BCUT2D eigenvalue weighted by atomic mass is 16.3. The Bertz CT molecular complexity index is 569. The van der Waals surface area contributed by atoms with Crippen LogP contribution in [0.3, 0.4) is 0 Å². The highest BCUT2D eigenvalue weighted by molar-refractivity contribution is 5.90. The van der Waals surface area contributed by atoms with Gasteiger partial charge in [-0.3, -0.25) is 14.2 Å². The number of aromatic nitrogens is 4. The maximum absolute atomic E-state index is 11.5. The second kappa shape index (κ2) is 3.28. The van der Waals surface area contributed by atoms with Crippen molar-refractivity contribution in [1.82, 2.24) is 19.5 Å². The molecule has 1 unspecified atom stereocenters. The van der Waals surface area contributed by atoms with Crippen LogP contribution in [0.25, 0.3) is 11.2 Å². The molecule has 2 rings (SSSR count). The van der Waals surface area contributed by atoms with Gasteiger partial charge in [-0.15, -0.1) is 0 Å². The summed E-state index contributed by atoms with van der Waals surface area (Å²) in [4.78, 5) is 32.6. The first kappa shape index (κ1) is 9.53. The Morgan fingerprint density at radius 3 is 3.00 bits per heavy atom. The van der Waals surface area contributed by atoms with Crippen LogP contribution in [0.4, 0.5) is 0 Å². The highest BCUT2D eigenvalue weighted by Crippen LogP contribution is 2.04. The van der Waals surface area contributed by atoms with Crippen LogP contribution in [-0.4, -0.2) is 36.6 Å². The molecule has 7 heteroatoms. The molecule has 0 spiro atoms. The molecule has 0 aliphatic rings. The third-order valence-electron chi connectivity index (χ3n) is 1.93. The summed E-state index contributed by atoms with van der Waals surface area (Å²) in [6, 6.07) is 0. The molecule has 0 aliphatic heterocycles. The summed E-state index contributed by atoms with van der Waals surface area (Å²) in [5.41, 5.74) is -0.201. The van der Waals surface area contributed by atoms with Gasteiger partial charge in [0, 0.05) is 0 Å². The van der Waals surface area contributed by atoms with E-state index in [2.05, 4.69) is 15.0 Å². The Balaban J connectivity index is 2.70. The second-order valence-electron chi connectivity index (χ2n) is 3.03. The molecule has 0 saturated heterocycles. The number of fused-ring (bicyclic) bond motifs is 1. The Hall–Kier alpha value is -2.02. The van der Waals surface area contributed by atoms with E-state index in [1.807, 2.05) is 0 Å². The van der Waals surface area contributed by atoms with Crippen molar-refractivity contribution >= 4 is 17.1 Å². The maximum atomic E-state index is 11.5. The lowest BCUT2D eigenvalue weighted by molar-refractivity contribution is 0.0692. The number of hydrogen-bond donors (Lipinski definition) is 2. The van der Waals surface area contributed by atoms with Crippen LogP contribution in [-0.2, 0) is 0 Å². The topological polar surface area (TPSA) is 101 Å². The second-order valence-corrected chi connectivity index (χ2v) is 3.03. The first-order valence-corrected chi connectivity index (χ1v) is 4.24. The molecule has 7 nitrogen and oxygen atoms in total. The lowest BCUT2D eigenvalue weighted by atomic mass is 10.4. The standard InChI is InChI=1S/C8H8N4O3/c1-4(13)8(15)12-3-11-5-6(12)9-2-10-7(5)14/h2-4,13H,1H3,(H,9,10,14). The van der Waals surface area contributed by atoms with Crippen molar-refractivity contribution in [1.29, 1.82) is 0 Å². The molecule has 0 amide bonds. The lowest BCUT2D eigenvalue weighted by Gasteiger charge is -2.03. The number of imidazole rings is 1. The molecule has 0 radical (unpaired) electrons. The SMILES string of the molecule is CC(O)C(=O)n1cnc2c(=O)[nH]cnc21. The third kappa shape index (κ3) is 1.42. The molecule has 0 bridgehead atoms. The molecule has 1 atom stereocenters. The van der Waals surface area contributed by atoms with E-state index in [-0.39, 0.29) is 11.2 Å². The number of carbonyl (C=O) groups excluding carboxylic acids is 1. The van der Waals surface area contributed by atoms with Gasteiger partial charge in [0.2, 0.25) is 0 Å². The molecule has 2 heterocycles. The van der Waals surface area contributed by atoms with Gasteiger partial charge in [-0.2, -0.15) is 0 Å². The van der Waals surface area contributed by atoms with E-state index in [1.54, 1.807) is 0 Å². The zero-order valence-electron chi connectivity index (χ0n) is 7.84. The minimum Gasteiger partial charge on any atom is -0.384 e. The van der Waals surface area contributed by atoms with Gasteiger partial charge < -0.3 is 10.1 Å². The highest BCUT2D eigenvalue weighted by Gasteiger charge is 2.16. The van der Waals surface area contributed by atoms with Crippen LogP contribution in [0.15, 0.2) is 17.4 Å². The van der Waals surface area contributed by atoms with Gasteiger partial charge in [0.1, 0.15) is 12.4 Å². The lowest BCUT2D eigenvalue weighted by Crippen LogP contribution is -2.23. The van der Waals surface area contributed by atoms with Crippen molar-refractivity contribution in [2.75, 3.05) is 0 Å². The number of H-pyrrole nitrogens is 1. The van der Waals surface area contributed by atoms with Crippen molar-refractivity contribution in [3.8, 4) is 0 Å². The molecule has 0 fully saturated rings. The van der Waals surface area contributed by atoms with Crippen LogP contribution < -0.4 is 5.56 Å². The Morgan fingerprint density at radius 2 is 2.33 bits per heavy atom. The predicted octanol–water partition coefficient (Wildman–Crippen LogP) is -0.859. The summed E-state index contributed by atoms with van der Waals surface area (Å²) in [6.45, 7) is 1.33. The number of nitrogens with zero attached hydrogens (tertiary/aromatic N) is 3. The summed E-state index contributed by atoms with van der Waals surface area (Å²) in [5.74, 6) is -0.574. The van der Waals surface area contributed by atoms with Crippen molar-refractivity contribution in [2.24, 2.45) is 0 Å². The van der Waals surface area contributed by atoms with Gasteiger partial charge in [0.05, 0.1) is 6.33 Å². The molecule has 2 aromatic heterocycles. The van der Waals surface area contributed by atoms with E-state index < -0.39 is 17.6 Å². The summed E-state index contributed by atoms with van der Waals surface area (Å²) in [6.07, 6.45) is 1.18. The number of aromatic amines is 1. The number of nitrogens with one attached hydrogen (secondary N) is 1. The molecule has 0 aromatic carbocycles. The molecule has 2 N–H and O–H groups in total. The first-order chi connectivity index (χ1) is 7.11. The van der Waals surface area contributed by atoms with Crippen molar-refractivity contribution in [3.63, 3.8) is 0 Å². The molecule has 0 aliphatic carbocycles. The Labute approximate surface area is 83.4 Å². The number of hydrogen-bond acceptors (Lipinski definition) is 5. The first-order valence-electron chi connectivity index (χ1n) is 4.24. The summed E-state index contributed by atoms with van der Waals surface area (Å²) < 4.78 is 1.05. The molecule has 78 valence electrons. The van der Waals surface area contributed by atoms with Crippen LogP contribution in [0.1, 0.15) is 11.7 Å². The van der Waals surface area contributed by atoms with Crippen LogP contribution in [0.5, 0.6) is 0 Å². The normalized spacial score (nSPS) is 12.9.